The monoisotopic (exact) mass is 288 g/mol. The molecular formula is C16H20N2OS. The molecule has 1 unspecified atom stereocenters. The summed E-state index contributed by atoms with van der Waals surface area (Å²) in [5.74, 6) is 1.07. The highest BCUT2D eigenvalue weighted by Gasteiger charge is 2.14. The van der Waals surface area contributed by atoms with Crippen LogP contribution in [0, 0.1) is 0 Å². The molecule has 1 atom stereocenters. The molecule has 0 saturated carbocycles. The van der Waals surface area contributed by atoms with Crippen molar-refractivity contribution in [3.8, 4) is 5.75 Å². The van der Waals surface area contributed by atoms with E-state index in [1.807, 2.05) is 11.7 Å². The number of aryl methyl sites for hydroxylation is 1. The molecule has 1 aliphatic rings. The third-order valence-electron chi connectivity index (χ3n) is 3.72. The van der Waals surface area contributed by atoms with E-state index in [0.29, 0.717) is 6.04 Å². The van der Waals surface area contributed by atoms with Crippen molar-refractivity contribution < 1.29 is 4.74 Å². The van der Waals surface area contributed by atoms with Gasteiger partial charge in [0, 0.05) is 23.5 Å². The molecule has 1 aromatic heterocycles. The first-order valence-corrected chi connectivity index (χ1v) is 8.11. The Labute approximate surface area is 124 Å². The van der Waals surface area contributed by atoms with E-state index in [4.69, 9.17) is 4.74 Å². The number of hydrogen-bond acceptors (Lipinski definition) is 4. The first kappa shape index (κ1) is 13.6. The predicted molar refractivity (Wildman–Crippen MR) is 82.5 cm³/mol. The molecule has 3 nitrogen and oxygen atoms in total. The minimum Gasteiger partial charge on any atom is -0.493 e. The number of hydrogen-bond donors (Lipinski definition) is 1. The van der Waals surface area contributed by atoms with E-state index in [2.05, 4.69) is 35.4 Å². The molecule has 1 N–H and O–H groups in total. The minimum atomic E-state index is 0.414. The zero-order valence-electron chi connectivity index (χ0n) is 11.8. The normalized spacial score (nSPS) is 14.8. The van der Waals surface area contributed by atoms with Gasteiger partial charge in [-0.15, -0.1) is 11.3 Å². The largest absolute Gasteiger partial charge is 0.493 e. The maximum atomic E-state index is 5.56. The van der Waals surface area contributed by atoms with E-state index in [-0.39, 0.29) is 0 Å². The molecule has 0 aliphatic carbocycles. The Hall–Kier alpha value is -1.39. The van der Waals surface area contributed by atoms with Gasteiger partial charge in [0.15, 0.2) is 0 Å². The lowest BCUT2D eigenvalue weighted by Crippen LogP contribution is -2.20. The second-order valence-corrected chi connectivity index (χ2v) is 6.01. The number of aromatic nitrogens is 1. The van der Waals surface area contributed by atoms with Crippen molar-refractivity contribution in [2.45, 2.75) is 32.2 Å². The number of nitrogens with one attached hydrogen (secondary N) is 1. The Morgan fingerprint density at radius 1 is 1.45 bits per heavy atom. The maximum absolute atomic E-state index is 5.56. The second-order valence-electron chi connectivity index (χ2n) is 5.09. The molecular weight excluding hydrogens is 268 g/mol. The van der Waals surface area contributed by atoms with E-state index in [9.17, 15) is 0 Å². The average molecular weight is 288 g/mol. The van der Waals surface area contributed by atoms with Gasteiger partial charge >= 0.3 is 0 Å². The molecule has 106 valence electrons. The number of rotatable bonds is 6. The highest BCUT2D eigenvalue weighted by atomic mass is 32.1. The fraction of sp³-hybridized carbons (Fsp3) is 0.438. The lowest BCUT2D eigenvalue weighted by molar-refractivity contribution is 0.357. The fourth-order valence-corrected chi connectivity index (χ4v) is 3.43. The molecule has 0 radical (unpaired) electrons. The summed E-state index contributed by atoms with van der Waals surface area (Å²) in [6, 6.07) is 7.03. The van der Waals surface area contributed by atoms with Gasteiger partial charge in [-0.1, -0.05) is 19.1 Å². The molecule has 2 heterocycles. The average Bonchev–Trinajstić information content (AvgIpc) is 3.13. The van der Waals surface area contributed by atoms with Crippen molar-refractivity contribution in [2.75, 3.05) is 13.2 Å². The highest BCUT2D eigenvalue weighted by molar-refractivity contribution is 7.09. The van der Waals surface area contributed by atoms with E-state index in [0.717, 1.165) is 38.2 Å². The standard InChI is InChI=1S/C16H20N2OS/c1-2-18-14(16-10-17-11-20-16)5-3-12-4-6-15-13(9-12)7-8-19-15/h4,6,9-11,14,18H,2-3,5,7-8H2,1H3. The molecule has 1 aliphatic heterocycles. The summed E-state index contributed by atoms with van der Waals surface area (Å²) in [6.45, 7) is 3.97. The Morgan fingerprint density at radius 3 is 3.20 bits per heavy atom. The summed E-state index contributed by atoms with van der Waals surface area (Å²) in [7, 11) is 0. The van der Waals surface area contributed by atoms with E-state index in [1.54, 1.807) is 11.3 Å². The van der Waals surface area contributed by atoms with Crippen LogP contribution in [0.15, 0.2) is 29.9 Å². The molecule has 0 fully saturated rings. The summed E-state index contributed by atoms with van der Waals surface area (Å²) in [5, 5.41) is 3.55. The molecule has 0 spiro atoms. The van der Waals surface area contributed by atoms with Crippen molar-refractivity contribution in [3.63, 3.8) is 0 Å². The van der Waals surface area contributed by atoms with Gasteiger partial charge in [-0.3, -0.25) is 4.98 Å². The lowest BCUT2D eigenvalue weighted by Gasteiger charge is -2.16. The zero-order chi connectivity index (χ0) is 13.8. The summed E-state index contributed by atoms with van der Waals surface area (Å²) in [5.41, 5.74) is 4.67. The number of ether oxygens (including phenoxy) is 1. The molecule has 20 heavy (non-hydrogen) atoms. The molecule has 4 heteroatoms. The van der Waals surface area contributed by atoms with Gasteiger partial charge in [-0.05, 0) is 36.6 Å². The van der Waals surface area contributed by atoms with E-state index < -0.39 is 0 Å². The van der Waals surface area contributed by atoms with Crippen molar-refractivity contribution in [1.29, 1.82) is 0 Å². The summed E-state index contributed by atoms with van der Waals surface area (Å²) in [6.07, 6.45) is 5.22. The highest BCUT2D eigenvalue weighted by Crippen LogP contribution is 2.28. The summed E-state index contributed by atoms with van der Waals surface area (Å²) >= 11 is 1.73. The van der Waals surface area contributed by atoms with Crippen LogP contribution in [0.4, 0.5) is 0 Å². The van der Waals surface area contributed by atoms with Gasteiger partial charge in [0.05, 0.1) is 12.1 Å². The van der Waals surface area contributed by atoms with Crippen LogP contribution in [0.2, 0.25) is 0 Å². The first-order valence-electron chi connectivity index (χ1n) is 7.23. The van der Waals surface area contributed by atoms with Crippen LogP contribution >= 0.6 is 11.3 Å². The number of benzene rings is 1. The quantitative estimate of drug-likeness (QED) is 0.885. The van der Waals surface area contributed by atoms with E-state index in [1.165, 1.54) is 16.0 Å². The Bertz CT molecular complexity index is 554. The van der Waals surface area contributed by atoms with Crippen molar-refractivity contribution in [3.05, 3.63) is 45.9 Å². The third-order valence-corrected chi connectivity index (χ3v) is 4.61. The smallest absolute Gasteiger partial charge is 0.122 e. The Kier molecular flexibility index (Phi) is 4.33. The molecule has 1 aromatic carbocycles. The van der Waals surface area contributed by atoms with Crippen LogP contribution in [-0.4, -0.2) is 18.1 Å². The molecule has 2 aromatic rings. The van der Waals surface area contributed by atoms with Crippen molar-refractivity contribution in [1.82, 2.24) is 10.3 Å². The number of fused-ring (bicyclic) bond motifs is 1. The van der Waals surface area contributed by atoms with Crippen LogP contribution in [-0.2, 0) is 12.8 Å². The van der Waals surface area contributed by atoms with Crippen LogP contribution in [0.3, 0.4) is 0 Å². The Balaban J connectivity index is 1.65. The minimum absolute atomic E-state index is 0.414. The third kappa shape index (κ3) is 3.02. The zero-order valence-corrected chi connectivity index (χ0v) is 12.6. The van der Waals surface area contributed by atoms with Gasteiger partial charge in [-0.25, -0.2) is 0 Å². The van der Waals surface area contributed by atoms with Crippen molar-refractivity contribution in [2.24, 2.45) is 0 Å². The fourth-order valence-electron chi connectivity index (χ4n) is 2.70. The van der Waals surface area contributed by atoms with Gasteiger partial charge in [0.2, 0.25) is 0 Å². The SMILES string of the molecule is CCNC(CCc1ccc2c(c1)CCO2)c1cncs1. The lowest BCUT2D eigenvalue weighted by atomic mass is 10.0. The first-order chi connectivity index (χ1) is 9.86. The summed E-state index contributed by atoms with van der Waals surface area (Å²) in [4.78, 5) is 5.52. The maximum Gasteiger partial charge on any atom is 0.122 e. The number of nitrogens with zero attached hydrogens (tertiary/aromatic N) is 1. The predicted octanol–water partition coefficient (Wildman–Crippen LogP) is 3.36. The molecule has 3 rings (SSSR count). The molecule has 0 amide bonds. The van der Waals surface area contributed by atoms with Gasteiger partial charge < -0.3 is 10.1 Å². The van der Waals surface area contributed by atoms with Crippen LogP contribution in [0.1, 0.15) is 35.4 Å². The van der Waals surface area contributed by atoms with Crippen molar-refractivity contribution >= 4 is 11.3 Å². The van der Waals surface area contributed by atoms with Crippen LogP contribution in [0.5, 0.6) is 5.75 Å². The van der Waals surface area contributed by atoms with Gasteiger partial charge in [0.25, 0.3) is 0 Å². The second kappa shape index (κ2) is 6.37. The van der Waals surface area contributed by atoms with E-state index >= 15 is 0 Å². The van der Waals surface area contributed by atoms with Gasteiger partial charge in [-0.2, -0.15) is 0 Å². The molecule has 0 bridgehead atoms. The Morgan fingerprint density at radius 2 is 2.40 bits per heavy atom. The summed E-state index contributed by atoms with van der Waals surface area (Å²) < 4.78 is 5.56. The number of thiazole rings is 1. The van der Waals surface area contributed by atoms with Crippen LogP contribution in [0.25, 0.3) is 0 Å². The van der Waals surface area contributed by atoms with Crippen LogP contribution < -0.4 is 10.1 Å². The van der Waals surface area contributed by atoms with Gasteiger partial charge in [0.1, 0.15) is 5.75 Å². The molecule has 0 saturated heterocycles. The topological polar surface area (TPSA) is 34.1 Å².